The van der Waals surface area contributed by atoms with E-state index in [1.165, 1.54) is 32.1 Å². The summed E-state index contributed by atoms with van der Waals surface area (Å²) in [6.07, 6.45) is 11.3. The van der Waals surface area contributed by atoms with E-state index in [0.29, 0.717) is 0 Å². The third-order valence-electron chi connectivity index (χ3n) is 3.96. The minimum absolute atomic E-state index is 0.0156. The molecule has 118 valence electrons. The van der Waals surface area contributed by atoms with Crippen LogP contribution < -0.4 is 0 Å². The van der Waals surface area contributed by atoms with Gasteiger partial charge in [0.1, 0.15) is 6.61 Å². The van der Waals surface area contributed by atoms with Crippen molar-refractivity contribution in [3.8, 4) is 0 Å². The van der Waals surface area contributed by atoms with Gasteiger partial charge in [-0.3, -0.25) is 0 Å². The fourth-order valence-corrected chi connectivity index (χ4v) is 2.75. The van der Waals surface area contributed by atoms with Crippen LogP contribution in [0.3, 0.4) is 0 Å². The summed E-state index contributed by atoms with van der Waals surface area (Å²) in [5, 5.41) is 8.61. The largest absolute Gasteiger partial charge is 0.250 e. The van der Waals surface area contributed by atoms with E-state index in [2.05, 4.69) is 4.89 Å². The molecule has 2 rings (SSSR count). The molecule has 6 nitrogen and oxygen atoms in total. The first-order valence-corrected chi connectivity index (χ1v) is 7.80. The van der Waals surface area contributed by atoms with Crippen molar-refractivity contribution in [2.75, 3.05) is 6.61 Å². The molecule has 0 aromatic heterocycles. The zero-order valence-electron chi connectivity index (χ0n) is 12.1. The highest BCUT2D eigenvalue weighted by molar-refractivity contribution is 4.69. The van der Waals surface area contributed by atoms with E-state index < -0.39 is 12.1 Å². The van der Waals surface area contributed by atoms with Crippen molar-refractivity contribution in [1.29, 1.82) is 0 Å². The second kappa shape index (κ2) is 8.92. The summed E-state index contributed by atoms with van der Waals surface area (Å²) in [4.78, 5) is 25.1. The maximum absolute atomic E-state index is 8.61. The highest BCUT2D eigenvalue weighted by atomic mass is 17.4. The van der Waals surface area contributed by atoms with E-state index in [1.54, 1.807) is 0 Å². The van der Waals surface area contributed by atoms with Gasteiger partial charge in [-0.25, -0.2) is 15.0 Å². The molecule has 1 saturated heterocycles. The van der Waals surface area contributed by atoms with Gasteiger partial charge in [0, 0.05) is 12.8 Å². The van der Waals surface area contributed by atoms with Crippen LogP contribution in [0.25, 0.3) is 0 Å². The summed E-state index contributed by atoms with van der Waals surface area (Å²) in [5.41, 5.74) is 0. The lowest BCUT2D eigenvalue weighted by atomic mass is 9.97. The second-order valence-electron chi connectivity index (χ2n) is 5.68. The Hall–Kier alpha value is -0.240. The Bertz CT molecular complexity index is 248. The van der Waals surface area contributed by atoms with Crippen LogP contribution in [0.2, 0.25) is 0 Å². The van der Waals surface area contributed by atoms with E-state index in [1.807, 2.05) is 0 Å². The van der Waals surface area contributed by atoms with Gasteiger partial charge < -0.3 is 0 Å². The molecule has 1 heterocycles. The van der Waals surface area contributed by atoms with Gasteiger partial charge in [-0.2, -0.15) is 14.7 Å². The molecule has 1 spiro atoms. The van der Waals surface area contributed by atoms with Crippen molar-refractivity contribution in [3.05, 3.63) is 0 Å². The molecule has 0 aromatic carbocycles. The van der Waals surface area contributed by atoms with E-state index in [4.69, 9.17) is 24.8 Å². The minimum Gasteiger partial charge on any atom is -0.249 e. The normalized spacial score (nSPS) is 30.1. The summed E-state index contributed by atoms with van der Waals surface area (Å²) >= 11 is 0. The highest BCUT2D eigenvalue weighted by Gasteiger charge is 2.38. The van der Waals surface area contributed by atoms with E-state index in [0.717, 1.165) is 38.5 Å². The Morgan fingerprint density at radius 2 is 1.35 bits per heavy atom. The van der Waals surface area contributed by atoms with Crippen molar-refractivity contribution in [1.82, 2.24) is 0 Å². The molecule has 1 atom stereocenters. The van der Waals surface area contributed by atoms with Crippen LogP contribution in [-0.4, -0.2) is 23.9 Å². The van der Waals surface area contributed by atoms with Crippen LogP contribution in [0.5, 0.6) is 0 Å². The third-order valence-corrected chi connectivity index (χ3v) is 3.96. The highest BCUT2D eigenvalue weighted by Crippen LogP contribution is 2.32. The maximum Gasteiger partial charge on any atom is 0.250 e. The lowest BCUT2D eigenvalue weighted by Gasteiger charge is -2.28. The molecule has 0 bridgehead atoms. The molecule has 6 heteroatoms. The van der Waals surface area contributed by atoms with Crippen molar-refractivity contribution in [3.63, 3.8) is 0 Å². The monoisotopic (exact) mass is 290 g/mol. The first kappa shape index (κ1) is 16.1. The summed E-state index contributed by atoms with van der Waals surface area (Å²) < 4.78 is 0. The number of rotatable bonds is 1. The molecule has 1 unspecified atom stereocenters. The molecule has 2 fully saturated rings. The SMILES string of the molecule is OOC1COOC2(CCCCCCCCCCC2)OO1. The van der Waals surface area contributed by atoms with Crippen molar-refractivity contribution < 1.29 is 29.7 Å². The topological polar surface area (TPSA) is 66.4 Å². The van der Waals surface area contributed by atoms with Crippen LogP contribution in [-0.2, 0) is 24.4 Å². The fourth-order valence-electron chi connectivity index (χ4n) is 2.75. The molecule has 2 aliphatic rings. The predicted molar refractivity (Wildman–Crippen MR) is 70.2 cm³/mol. The van der Waals surface area contributed by atoms with Gasteiger partial charge in [0.15, 0.2) is 0 Å². The van der Waals surface area contributed by atoms with Crippen molar-refractivity contribution >= 4 is 0 Å². The number of hydrogen-bond donors (Lipinski definition) is 1. The van der Waals surface area contributed by atoms with Crippen LogP contribution >= 0.6 is 0 Å². The third kappa shape index (κ3) is 5.27. The standard InChI is InChI=1S/C14H26O6/c15-17-13-12-16-19-14(20-18-13)10-8-6-4-2-1-3-5-7-9-11-14/h13,15H,1-12H2. The Morgan fingerprint density at radius 1 is 0.800 bits per heavy atom. The summed E-state index contributed by atoms with van der Waals surface area (Å²) in [6.45, 7) is -0.0156. The maximum atomic E-state index is 8.61. The molecular formula is C14H26O6. The average molecular weight is 290 g/mol. The van der Waals surface area contributed by atoms with Gasteiger partial charge in [-0.1, -0.05) is 44.9 Å². The summed E-state index contributed by atoms with van der Waals surface area (Å²) in [6, 6.07) is 0. The smallest absolute Gasteiger partial charge is 0.249 e. The summed E-state index contributed by atoms with van der Waals surface area (Å²) in [5.74, 6) is -0.869. The predicted octanol–water partition coefficient (Wildman–Crippen LogP) is 3.71. The lowest BCUT2D eigenvalue weighted by Crippen LogP contribution is -2.35. The van der Waals surface area contributed by atoms with Gasteiger partial charge in [0.2, 0.25) is 12.1 Å². The van der Waals surface area contributed by atoms with E-state index >= 15 is 0 Å². The second-order valence-corrected chi connectivity index (χ2v) is 5.68. The van der Waals surface area contributed by atoms with Gasteiger partial charge in [-0.05, 0) is 12.8 Å². The molecular weight excluding hydrogens is 264 g/mol. The Labute approximate surface area is 120 Å². The Kier molecular flexibility index (Phi) is 7.19. The van der Waals surface area contributed by atoms with Crippen LogP contribution in [0.15, 0.2) is 0 Å². The van der Waals surface area contributed by atoms with Gasteiger partial charge in [0.25, 0.3) is 0 Å². The Balaban J connectivity index is 1.89. The fraction of sp³-hybridized carbons (Fsp3) is 1.00. The number of hydrogen-bond acceptors (Lipinski definition) is 6. The quantitative estimate of drug-likeness (QED) is 0.586. The molecule has 0 amide bonds. The molecule has 1 aliphatic heterocycles. The van der Waals surface area contributed by atoms with Crippen LogP contribution in [0.4, 0.5) is 0 Å². The zero-order valence-corrected chi connectivity index (χ0v) is 12.1. The van der Waals surface area contributed by atoms with Crippen LogP contribution in [0.1, 0.15) is 70.6 Å². The zero-order chi connectivity index (χ0) is 14.1. The Morgan fingerprint density at radius 3 is 1.90 bits per heavy atom. The molecule has 0 aromatic rings. The van der Waals surface area contributed by atoms with Gasteiger partial charge in [-0.15, -0.1) is 0 Å². The van der Waals surface area contributed by atoms with E-state index in [9.17, 15) is 0 Å². The average Bonchev–Trinajstić information content (AvgIpc) is 2.66. The molecule has 20 heavy (non-hydrogen) atoms. The first-order chi connectivity index (χ1) is 9.85. The van der Waals surface area contributed by atoms with Gasteiger partial charge in [0.05, 0.1) is 0 Å². The molecule has 1 saturated carbocycles. The summed E-state index contributed by atoms with van der Waals surface area (Å²) in [7, 11) is 0. The molecule has 1 N–H and O–H groups in total. The molecule has 1 aliphatic carbocycles. The van der Waals surface area contributed by atoms with E-state index in [-0.39, 0.29) is 6.61 Å². The minimum atomic E-state index is -0.962. The first-order valence-electron chi connectivity index (χ1n) is 7.80. The lowest BCUT2D eigenvalue weighted by molar-refractivity contribution is -0.508. The van der Waals surface area contributed by atoms with Crippen LogP contribution in [0, 0.1) is 0 Å². The van der Waals surface area contributed by atoms with Gasteiger partial charge >= 0.3 is 0 Å². The van der Waals surface area contributed by atoms with Crippen molar-refractivity contribution in [2.24, 2.45) is 0 Å². The van der Waals surface area contributed by atoms with Crippen molar-refractivity contribution in [2.45, 2.75) is 82.7 Å². The molecule has 0 radical (unpaired) electrons.